The topological polar surface area (TPSA) is 70.2 Å². The third-order valence-corrected chi connectivity index (χ3v) is 5.83. The summed E-state index contributed by atoms with van der Waals surface area (Å²) in [6.07, 6.45) is 0.651. The van der Waals surface area contributed by atoms with Crippen LogP contribution >= 0.6 is 0 Å². The van der Waals surface area contributed by atoms with E-state index in [9.17, 15) is 14.4 Å². The van der Waals surface area contributed by atoms with Gasteiger partial charge in [0.05, 0.1) is 6.61 Å². The highest BCUT2D eigenvalue weighted by Crippen LogP contribution is 2.26. The van der Waals surface area contributed by atoms with Crippen molar-refractivity contribution in [2.75, 3.05) is 32.8 Å². The fourth-order valence-corrected chi connectivity index (χ4v) is 4.12. The van der Waals surface area contributed by atoms with Crippen molar-refractivity contribution < 1.29 is 19.1 Å². The van der Waals surface area contributed by atoms with Crippen LogP contribution in [0.4, 0.5) is 4.79 Å². The molecule has 1 unspecified atom stereocenters. The molecular weight excluding hydrogens is 394 g/mol. The highest BCUT2D eigenvalue weighted by Gasteiger charge is 2.38. The molecule has 31 heavy (non-hydrogen) atoms. The molecule has 1 aromatic rings. The maximum Gasteiger partial charge on any atom is 0.409 e. The standard InChI is InChI=1S/C24H35N3O4/c1-17(2)13-22(28)27-15-20-8-6-5-7-19(20)14-21(27)23(29)25-9-11-26(12-10-25)24(30)31-16-18(3)4/h5-8,17-18,21H,9-16H2,1-4H3. The molecule has 170 valence electrons. The number of piperazine rings is 1. The molecule has 1 fully saturated rings. The summed E-state index contributed by atoms with van der Waals surface area (Å²) in [4.78, 5) is 43.8. The highest BCUT2D eigenvalue weighted by atomic mass is 16.6. The van der Waals surface area contributed by atoms with Gasteiger partial charge in [0, 0.05) is 45.6 Å². The van der Waals surface area contributed by atoms with Crippen molar-refractivity contribution >= 4 is 17.9 Å². The zero-order valence-electron chi connectivity index (χ0n) is 19.2. The Morgan fingerprint density at radius 1 is 0.935 bits per heavy atom. The first kappa shape index (κ1) is 23.1. The number of rotatable bonds is 5. The average Bonchev–Trinajstić information content (AvgIpc) is 2.75. The van der Waals surface area contributed by atoms with Gasteiger partial charge in [-0.15, -0.1) is 0 Å². The molecule has 2 heterocycles. The number of fused-ring (bicyclic) bond motifs is 1. The zero-order chi connectivity index (χ0) is 22.5. The quantitative estimate of drug-likeness (QED) is 0.722. The van der Waals surface area contributed by atoms with E-state index in [4.69, 9.17) is 4.74 Å². The third-order valence-electron chi connectivity index (χ3n) is 5.83. The maximum atomic E-state index is 13.5. The summed E-state index contributed by atoms with van der Waals surface area (Å²) in [5.74, 6) is 0.525. The average molecular weight is 430 g/mol. The third kappa shape index (κ3) is 5.77. The molecule has 0 spiro atoms. The van der Waals surface area contributed by atoms with Crippen LogP contribution in [0, 0.1) is 11.8 Å². The minimum atomic E-state index is -0.486. The van der Waals surface area contributed by atoms with Crippen LogP contribution in [-0.4, -0.2) is 71.4 Å². The molecule has 2 aliphatic rings. The van der Waals surface area contributed by atoms with E-state index in [1.165, 1.54) is 0 Å². The van der Waals surface area contributed by atoms with Gasteiger partial charge in [-0.1, -0.05) is 52.0 Å². The van der Waals surface area contributed by atoms with Gasteiger partial charge in [0.15, 0.2) is 0 Å². The van der Waals surface area contributed by atoms with Crippen molar-refractivity contribution in [1.82, 2.24) is 14.7 Å². The largest absolute Gasteiger partial charge is 0.449 e. The van der Waals surface area contributed by atoms with Crippen molar-refractivity contribution in [3.05, 3.63) is 35.4 Å². The Kier molecular flexibility index (Phi) is 7.57. The van der Waals surface area contributed by atoms with Crippen molar-refractivity contribution in [3.63, 3.8) is 0 Å². The number of amides is 3. The molecule has 1 saturated heterocycles. The van der Waals surface area contributed by atoms with Crippen LogP contribution in [0.15, 0.2) is 24.3 Å². The molecule has 1 aromatic carbocycles. The summed E-state index contributed by atoms with van der Waals surface area (Å²) in [5, 5.41) is 0. The van der Waals surface area contributed by atoms with Gasteiger partial charge in [0.1, 0.15) is 6.04 Å². The molecule has 0 radical (unpaired) electrons. The molecule has 0 N–H and O–H groups in total. The summed E-state index contributed by atoms with van der Waals surface area (Å²) in [7, 11) is 0. The van der Waals surface area contributed by atoms with Gasteiger partial charge in [-0.3, -0.25) is 9.59 Å². The van der Waals surface area contributed by atoms with Crippen molar-refractivity contribution in [2.45, 2.75) is 53.1 Å². The van der Waals surface area contributed by atoms with Crippen LogP contribution in [-0.2, 0) is 27.3 Å². The Labute approximate surface area is 185 Å². The fraction of sp³-hybridized carbons (Fsp3) is 0.625. The lowest BCUT2D eigenvalue weighted by molar-refractivity contribution is -0.148. The summed E-state index contributed by atoms with van der Waals surface area (Å²) >= 11 is 0. The zero-order valence-corrected chi connectivity index (χ0v) is 19.2. The molecule has 3 rings (SSSR count). The molecule has 7 heteroatoms. The molecule has 0 saturated carbocycles. The van der Waals surface area contributed by atoms with E-state index in [-0.39, 0.29) is 29.7 Å². The van der Waals surface area contributed by atoms with Gasteiger partial charge in [-0.25, -0.2) is 4.79 Å². The normalized spacial score (nSPS) is 18.9. The van der Waals surface area contributed by atoms with Crippen LogP contribution in [0.1, 0.15) is 45.2 Å². The number of ether oxygens (including phenoxy) is 1. The molecule has 7 nitrogen and oxygen atoms in total. The van der Waals surface area contributed by atoms with E-state index in [1.54, 1.807) is 14.7 Å². The second kappa shape index (κ2) is 10.2. The Balaban J connectivity index is 1.67. The van der Waals surface area contributed by atoms with Crippen LogP contribution < -0.4 is 0 Å². The lowest BCUT2D eigenvalue weighted by Crippen LogP contribution is -2.58. The fourth-order valence-electron chi connectivity index (χ4n) is 4.12. The predicted octanol–water partition coefficient (Wildman–Crippen LogP) is 2.92. The second-order valence-electron chi connectivity index (χ2n) is 9.39. The van der Waals surface area contributed by atoms with E-state index in [0.29, 0.717) is 52.2 Å². The number of carbonyl (C=O) groups excluding carboxylic acids is 3. The molecular formula is C24H35N3O4. The van der Waals surface area contributed by atoms with E-state index >= 15 is 0 Å². The molecule has 0 bridgehead atoms. The summed E-state index contributed by atoms with van der Waals surface area (Å²) in [6, 6.07) is 7.55. The van der Waals surface area contributed by atoms with Gasteiger partial charge in [0.2, 0.25) is 11.8 Å². The molecule has 2 aliphatic heterocycles. The first-order valence-electron chi connectivity index (χ1n) is 11.3. The summed E-state index contributed by atoms with van der Waals surface area (Å²) < 4.78 is 5.31. The van der Waals surface area contributed by atoms with Crippen LogP contribution in [0.3, 0.4) is 0 Å². The Morgan fingerprint density at radius 2 is 1.55 bits per heavy atom. The van der Waals surface area contributed by atoms with Gasteiger partial charge in [-0.2, -0.15) is 0 Å². The Hall–Kier alpha value is -2.57. The van der Waals surface area contributed by atoms with E-state index < -0.39 is 6.04 Å². The highest BCUT2D eigenvalue weighted by molar-refractivity contribution is 5.89. The van der Waals surface area contributed by atoms with Gasteiger partial charge >= 0.3 is 6.09 Å². The Bertz CT molecular complexity index is 800. The van der Waals surface area contributed by atoms with Crippen molar-refractivity contribution in [1.29, 1.82) is 0 Å². The number of nitrogens with zero attached hydrogens (tertiary/aromatic N) is 3. The van der Waals surface area contributed by atoms with E-state index in [1.807, 2.05) is 52.0 Å². The smallest absolute Gasteiger partial charge is 0.409 e. The maximum absolute atomic E-state index is 13.5. The lowest BCUT2D eigenvalue weighted by Gasteiger charge is -2.41. The minimum absolute atomic E-state index is 0.0261. The number of hydrogen-bond donors (Lipinski definition) is 0. The van der Waals surface area contributed by atoms with Crippen LogP contribution in [0.2, 0.25) is 0 Å². The molecule has 3 amide bonds. The van der Waals surface area contributed by atoms with E-state index in [2.05, 4.69) is 0 Å². The summed E-state index contributed by atoms with van der Waals surface area (Å²) in [5.41, 5.74) is 2.24. The van der Waals surface area contributed by atoms with Crippen LogP contribution in [0.5, 0.6) is 0 Å². The van der Waals surface area contributed by atoms with Crippen molar-refractivity contribution in [2.24, 2.45) is 11.8 Å². The number of hydrogen-bond acceptors (Lipinski definition) is 4. The number of carbonyl (C=O) groups is 3. The first-order valence-corrected chi connectivity index (χ1v) is 11.3. The monoisotopic (exact) mass is 429 g/mol. The van der Waals surface area contributed by atoms with E-state index in [0.717, 1.165) is 11.1 Å². The predicted molar refractivity (Wildman–Crippen MR) is 118 cm³/mol. The van der Waals surface area contributed by atoms with Gasteiger partial charge < -0.3 is 19.4 Å². The lowest BCUT2D eigenvalue weighted by atomic mass is 9.92. The first-order chi connectivity index (χ1) is 14.8. The summed E-state index contributed by atoms with van der Waals surface area (Å²) in [6.45, 7) is 10.7. The molecule has 0 aliphatic carbocycles. The Morgan fingerprint density at radius 3 is 2.16 bits per heavy atom. The van der Waals surface area contributed by atoms with Gasteiger partial charge in [0.25, 0.3) is 0 Å². The molecule has 0 aromatic heterocycles. The SMILES string of the molecule is CC(C)COC(=O)N1CCN(C(=O)C2Cc3ccccc3CN2C(=O)CC(C)C)CC1. The second-order valence-corrected chi connectivity index (χ2v) is 9.39. The van der Waals surface area contributed by atoms with Crippen molar-refractivity contribution in [3.8, 4) is 0 Å². The number of benzene rings is 1. The van der Waals surface area contributed by atoms with Crippen LogP contribution in [0.25, 0.3) is 0 Å². The molecule has 1 atom stereocenters. The van der Waals surface area contributed by atoms with Gasteiger partial charge in [-0.05, 0) is 23.0 Å². The minimum Gasteiger partial charge on any atom is -0.449 e.